The van der Waals surface area contributed by atoms with E-state index >= 15 is 0 Å². The van der Waals surface area contributed by atoms with Gasteiger partial charge in [0.05, 0.1) is 17.7 Å². The van der Waals surface area contributed by atoms with E-state index in [1.165, 1.54) is 0 Å². The van der Waals surface area contributed by atoms with Crippen LogP contribution in [0.1, 0.15) is 15.9 Å². The molecule has 1 aromatic carbocycles. The first kappa shape index (κ1) is 14.7. The van der Waals surface area contributed by atoms with Crippen LogP contribution in [-0.4, -0.2) is 23.5 Å². The molecule has 104 valence electrons. The first-order valence-electron chi connectivity index (χ1n) is 4.87. The minimum absolute atomic E-state index is 0.374. The molecule has 1 amide bonds. The molecule has 0 aliphatic heterocycles. The Balaban J connectivity index is 2.96. The van der Waals surface area contributed by atoms with Gasteiger partial charge in [0.15, 0.2) is 5.84 Å². The van der Waals surface area contributed by atoms with Crippen LogP contribution in [0.25, 0.3) is 0 Å². The Kier molecular flexibility index (Phi) is 4.30. The van der Waals surface area contributed by atoms with Gasteiger partial charge in [-0.1, -0.05) is 5.16 Å². The molecular weight excluding hydrogens is 270 g/mol. The number of nitrogens with one attached hydrogen (secondary N) is 1. The third-order valence-electron chi connectivity index (χ3n) is 2.10. The summed E-state index contributed by atoms with van der Waals surface area (Å²) < 4.78 is 50.5. The lowest BCUT2D eigenvalue weighted by Gasteiger charge is -2.10. The predicted octanol–water partition coefficient (Wildman–Crippen LogP) is 1.32. The van der Waals surface area contributed by atoms with Crippen LogP contribution in [0.4, 0.5) is 17.6 Å². The third kappa shape index (κ3) is 3.83. The zero-order chi connectivity index (χ0) is 14.6. The number of hydrogen-bond acceptors (Lipinski definition) is 3. The molecule has 19 heavy (non-hydrogen) atoms. The zero-order valence-electron chi connectivity index (χ0n) is 9.33. The summed E-state index contributed by atoms with van der Waals surface area (Å²) in [5, 5.41) is 12.8. The van der Waals surface area contributed by atoms with Crippen molar-refractivity contribution in [3.8, 4) is 0 Å². The van der Waals surface area contributed by atoms with Crippen LogP contribution in [0, 0.1) is 5.82 Å². The molecule has 0 aliphatic rings. The van der Waals surface area contributed by atoms with Crippen LogP contribution in [-0.2, 0) is 6.18 Å². The summed E-state index contributed by atoms with van der Waals surface area (Å²) in [5.74, 6) is -2.58. The second kappa shape index (κ2) is 5.55. The minimum atomic E-state index is -4.69. The summed E-state index contributed by atoms with van der Waals surface area (Å²) in [4.78, 5) is 11.5. The average Bonchev–Trinajstić information content (AvgIpc) is 2.34. The fourth-order valence-corrected chi connectivity index (χ4v) is 1.18. The quantitative estimate of drug-likeness (QED) is 0.256. The minimum Gasteiger partial charge on any atom is -0.409 e. The largest absolute Gasteiger partial charge is 0.416 e. The number of rotatable bonds is 3. The van der Waals surface area contributed by atoms with E-state index in [0.29, 0.717) is 18.2 Å². The maximum atomic E-state index is 13.3. The van der Waals surface area contributed by atoms with Crippen molar-refractivity contribution in [3.05, 3.63) is 35.1 Å². The highest BCUT2D eigenvalue weighted by atomic mass is 19.4. The summed E-state index contributed by atoms with van der Waals surface area (Å²) in [6.45, 7) is -0.426. The molecule has 0 aliphatic carbocycles. The number of halogens is 4. The van der Waals surface area contributed by atoms with Crippen LogP contribution in [0.15, 0.2) is 23.4 Å². The van der Waals surface area contributed by atoms with Crippen molar-refractivity contribution in [2.45, 2.75) is 6.18 Å². The molecule has 0 radical (unpaired) electrons. The third-order valence-corrected chi connectivity index (χ3v) is 2.10. The topological polar surface area (TPSA) is 87.7 Å². The molecule has 1 aromatic rings. The van der Waals surface area contributed by atoms with Gasteiger partial charge in [0.2, 0.25) is 0 Å². The second-order valence-corrected chi connectivity index (χ2v) is 3.47. The number of carbonyl (C=O) groups excluding carboxylic acids is 1. The maximum absolute atomic E-state index is 13.3. The molecule has 4 N–H and O–H groups in total. The Labute approximate surface area is 104 Å². The van der Waals surface area contributed by atoms with E-state index in [0.717, 1.165) is 0 Å². The molecular formula is C10H9F4N3O2. The highest BCUT2D eigenvalue weighted by Gasteiger charge is 2.31. The SMILES string of the molecule is NC(CNC(=O)c1cc(C(F)(F)F)ccc1F)=NO. The van der Waals surface area contributed by atoms with Crippen LogP contribution in [0.2, 0.25) is 0 Å². The van der Waals surface area contributed by atoms with E-state index in [-0.39, 0.29) is 5.84 Å². The van der Waals surface area contributed by atoms with E-state index in [9.17, 15) is 22.4 Å². The van der Waals surface area contributed by atoms with Gasteiger partial charge in [-0.2, -0.15) is 13.2 Å². The fourth-order valence-electron chi connectivity index (χ4n) is 1.18. The Morgan fingerprint density at radius 2 is 2.05 bits per heavy atom. The van der Waals surface area contributed by atoms with E-state index < -0.39 is 35.6 Å². The number of amides is 1. The molecule has 1 rings (SSSR count). The van der Waals surface area contributed by atoms with Crippen molar-refractivity contribution in [1.82, 2.24) is 5.32 Å². The van der Waals surface area contributed by atoms with E-state index in [1.807, 2.05) is 5.32 Å². The highest BCUT2D eigenvalue weighted by molar-refractivity contribution is 5.97. The Bertz CT molecular complexity index is 514. The van der Waals surface area contributed by atoms with Gasteiger partial charge in [-0.05, 0) is 18.2 Å². The standard InChI is InChI=1S/C10H9F4N3O2/c11-7-2-1-5(10(12,13)14)3-6(7)9(18)16-4-8(15)17-19/h1-3,19H,4H2,(H2,15,17)(H,16,18). The summed E-state index contributed by atoms with van der Waals surface area (Å²) in [6, 6.07) is 1.45. The molecule has 0 spiro atoms. The van der Waals surface area contributed by atoms with Gasteiger partial charge in [-0.3, -0.25) is 4.79 Å². The van der Waals surface area contributed by atoms with Crippen molar-refractivity contribution in [1.29, 1.82) is 0 Å². The van der Waals surface area contributed by atoms with Gasteiger partial charge in [0, 0.05) is 0 Å². The maximum Gasteiger partial charge on any atom is 0.416 e. The second-order valence-electron chi connectivity index (χ2n) is 3.47. The molecule has 0 aromatic heterocycles. The lowest BCUT2D eigenvalue weighted by molar-refractivity contribution is -0.137. The molecule has 0 saturated carbocycles. The fraction of sp³-hybridized carbons (Fsp3) is 0.200. The molecule has 0 unspecified atom stereocenters. The summed E-state index contributed by atoms with van der Waals surface area (Å²) in [7, 11) is 0. The van der Waals surface area contributed by atoms with Crippen LogP contribution in [0.5, 0.6) is 0 Å². The van der Waals surface area contributed by atoms with Crippen LogP contribution < -0.4 is 11.1 Å². The number of oxime groups is 1. The number of benzene rings is 1. The monoisotopic (exact) mass is 279 g/mol. The Hall–Kier alpha value is -2.32. The van der Waals surface area contributed by atoms with Crippen molar-refractivity contribution in [2.24, 2.45) is 10.9 Å². The van der Waals surface area contributed by atoms with Gasteiger partial charge < -0.3 is 16.3 Å². The first-order chi connectivity index (χ1) is 8.75. The normalized spacial score (nSPS) is 12.3. The van der Waals surface area contributed by atoms with Gasteiger partial charge in [-0.25, -0.2) is 4.39 Å². The number of nitrogens with two attached hydrogens (primary N) is 1. The van der Waals surface area contributed by atoms with E-state index in [1.54, 1.807) is 0 Å². The van der Waals surface area contributed by atoms with Crippen LogP contribution in [0.3, 0.4) is 0 Å². The molecule has 0 bridgehead atoms. The first-order valence-corrected chi connectivity index (χ1v) is 4.87. The molecule has 9 heteroatoms. The lowest BCUT2D eigenvalue weighted by atomic mass is 10.1. The van der Waals surface area contributed by atoms with E-state index in [4.69, 9.17) is 10.9 Å². The summed E-state index contributed by atoms with van der Waals surface area (Å²) >= 11 is 0. The van der Waals surface area contributed by atoms with E-state index in [2.05, 4.69) is 5.16 Å². The number of alkyl halides is 3. The molecule has 0 atom stereocenters. The van der Waals surface area contributed by atoms with Crippen molar-refractivity contribution in [3.63, 3.8) is 0 Å². The average molecular weight is 279 g/mol. The predicted molar refractivity (Wildman–Crippen MR) is 57.1 cm³/mol. The summed E-state index contributed by atoms with van der Waals surface area (Å²) in [6.07, 6.45) is -4.69. The van der Waals surface area contributed by atoms with Gasteiger partial charge in [0.25, 0.3) is 5.91 Å². The van der Waals surface area contributed by atoms with Crippen molar-refractivity contribution in [2.75, 3.05) is 6.54 Å². The van der Waals surface area contributed by atoms with Crippen molar-refractivity contribution < 1.29 is 27.6 Å². The summed E-state index contributed by atoms with van der Waals surface area (Å²) in [5.41, 5.74) is 3.12. The van der Waals surface area contributed by atoms with Crippen LogP contribution >= 0.6 is 0 Å². The number of amidine groups is 1. The molecule has 0 heterocycles. The molecule has 5 nitrogen and oxygen atoms in total. The Morgan fingerprint density at radius 1 is 1.42 bits per heavy atom. The number of hydrogen-bond donors (Lipinski definition) is 3. The Morgan fingerprint density at radius 3 is 2.58 bits per heavy atom. The molecule has 0 saturated heterocycles. The lowest BCUT2D eigenvalue weighted by Crippen LogP contribution is -2.34. The van der Waals surface area contributed by atoms with Crippen molar-refractivity contribution >= 4 is 11.7 Å². The number of nitrogens with zero attached hydrogens (tertiary/aromatic N) is 1. The smallest absolute Gasteiger partial charge is 0.409 e. The van der Waals surface area contributed by atoms with Gasteiger partial charge in [-0.15, -0.1) is 0 Å². The highest BCUT2D eigenvalue weighted by Crippen LogP contribution is 2.30. The van der Waals surface area contributed by atoms with Gasteiger partial charge in [0.1, 0.15) is 5.82 Å². The zero-order valence-corrected chi connectivity index (χ0v) is 9.33. The number of carbonyl (C=O) groups is 1. The van der Waals surface area contributed by atoms with Gasteiger partial charge >= 0.3 is 6.18 Å². The molecule has 0 fully saturated rings.